The number of benzene rings is 1. The summed E-state index contributed by atoms with van der Waals surface area (Å²) in [6.45, 7) is 0.794. The first-order valence-corrected chi connectivity index (χ1v) is 8.03. The maximum atomic E-state index is 11.7. The Bertz CT molecular complexity index is 501. The summed E-state index contributed by atoms with van der Waals surface area (Å²) in [6, 6.07) is 7.71. The van der Waals surface area contributed by atoms with Crippen LogP contribution in [0.4, 0.5) is 0 Å². The Morgan fingerprint density at radius 1 is 1.33 bits per heavy atom. The molecule has 1 aromatic rings. The third kappa shape index (κ3) is 4.94. The SMILES string of the molecule is O=S(=O)(CCNC1CC1)NCc1cccc(Cl)c1. The molecule has 0 heterocycles. The monoisotopic (exact) mass is 288 g/mol. The van der Waals surface area contributed by atoms with Crippen molar-refractivity contribution in [3.63, 3.8) is 0 Å². The second kappa shape index (κ2) is 6.02. The fraction of sp³-hybridized carbons (Fsp3) is 0.500. The van der Waals surface area contributed by atoms with Gasteiger partial charge in [0.15, 0.2) is 0 Å². The number of nitrogens with one attached hydrogen (secondary N) is 2. The van der Waals surface area contributed by atoms with E-state index in [1.54, 1.807) is 18.2 Å². The lowest BCUT2D eigenvalue weighted by atomic mass is 10.2. The third-order valence-corrected chi connectivity index (χ3v) is 4.33. The zero-order valence-electron chi connectivity index (χ0n) is 10.0. The first-order valence-electron chi connectivity index (χ1n) is 6.00. The van der Waals surface area contributed by atoms with E-state index in [4.69, 9.17) is 11.6 Å². The Morgan fingerprint density at radius 2 is 2.11 bits per heavy atom. The maximum absolute atomic E-state index is 11.7. The van der Waals surface area contributed by atoms with Crippen LogP contribution < -0.4 is 10.0 Å². The van der Waals surface area contributed by atoms with Gasteiger partial charge >= 0.3 is 0 Å². The molecular formula is C12H17ClN2O2S. The number of rotatable bonds is 7. The van der Waals surface area contributed by atoms with E-state index < -0.39 is 10.0 Å². The van der Waals surface area contributed by atoms with Gasteiger partial charge in [0.1, 0.15) is 0 Å². The van der Waals surface area contributed by atoms with E-state index >= 15 is 0 Å². The molecule has 1 fully saturated rings. The lowest BCUT2D eigenvalue weighted by Crippen LogP contribution is -2.32. The third-order valence-electron chi connectivity index (χ3n) is 2.77. The van der Waals surface area contributed by atoms with Gasteiger partial charge in [-0.1, -0.05) is 23.7 Å². The van der Waals surface area contributed by atoms with E-state index in [2.05, 4.69) is 10.0 Å². The van der Waals surface area contributed by atoms with Crippen LogP contribution in [0.1, 0.15) is 18.4 Å². The molecule has 1 aliphatic carbocycles. The summed E-state index contributed by atoms with van der Waals surface area (Å²) in [5, 5.41) is 3.79. The van der Waals surface area contributed by atoms with Crippen LogP contribution >= 0.6 is 11.6 Å². The van der Waals surface area contributed by atoms with E-state index in [1.807, 2.05) is 6.07 Å². The van der Waals surface area contributed by atoms with Crippen molar-refractivity contribution in [2.45, 2.75) is 25.4 Å². The van der Waals surface area contributed by atoms with Crippen LogP contribution in [0, 0.1) is 0 Å². The molecule has 1 aromatic carbocycles. The Kier molecular flexibility index (Phi) is 4.61. The molecule has 0 bridgehead atoms. The maximum Gasteiger partial charge on any atom is 0.213 e. The van der Waals surface area contributed by atoms with Crippen LogP contribution in [0.15, 0.2) is 24.3 Å². The Balaban J connectivity index is 1.76. The fourth-order valence-corrected chi connectivity index (χ4v) is 2.73. The van der Waals surface area contributed by atoms with Crippen molar-refractivity contribution in [3.8, 4) is 0 Å². The standard InChI is InChI=1S/C12H17ClN2O2S/c13-11-3-1-2-10(8-11)9-15-18(16,17)7-6-14-12-4-5-12/h1-3,8,12,14-15H,4-7,9H2. The Hall–Kier alpha value is -0.620. The van der Waals surface area contributed by atoms with Crippen molar-refractivity contribution in [1.82, 2.24) is 10.0 Å². The molecule has 4 nitrogen and oxygen atoms in total. The molecule has 0 saturated heterocycles. The molecule has 0 aliphatic heterocycles. The molecule has 2 N–H and O–H groups in total. The number of hydrogen-bond donors (Lipinski definition) is 2. The minimum absolute atomic E-state index is 0.115. The van der Waals surface area contributed by atoms with E-state index in [0.717, 1.165) is 18.4 Å². The summed E-state index contributed by atoms with van der Waals surface area (Å²) in [7, 11) is -3.22. The van der Waals surface area contributed by atoms with Crippen LogP contribution in [-0.4, -0.2) is 26.8 Å². The quantitative estimate of drug-likeness (QED) is 0.800. The van der Waals surface area contributed by atoms with E-state index in [1.165, 1.54) is 0 Å². The van der Waals surface area contributed by atoms with Gasteiger partial charge in [0.2, 0.25) is 10.0 Å². The van der Waals surface area contributed by atoms with Crippen molar-refractivity contribution in [2.75, 3.05) is 12.3 Å². The van der Waals surface area contributed by atoms with E-state index in [0.29, 0.717) is 17.6 Å². The van der Waals surface area contributed by atoms with Crippen molar-refractivity contribution < 1.29 is 8.42 Å². The predicted molar refractivity (Wildman–Crippen MR) is 73.1 cm³/mol. The molecule has 0 amide bonds. The van der Waals surface area contributed by atoms with Gasteiger partial charge in [-0.3, -0.25) is 0 Å². The van der Waals surface area contributed by atoms with Gasteiger partial charge in [0.05, 0.1) is 5.75 Å². The number of hydrogen-bond acceptors (Lipinski definition) is 3. The molecule has 0 aromatic heterocycles. The van der Waals surface area contributed by atoms with Crippen LogP contribution in [0.5, 0.6) is 0 Å². The van der Waals surface area contributed by atoms with Crippen LogP contribution in [-0.2, 0) is 16.6 Å². The van der Waals surface area contributed by atoms with Crippen molar-refractivity contribution in [1.29, 1.82) is 0 Å². The fourth-order valence-electron chi connectivity index (χ4n) is 1.60. The van der Waals surface area contributed by atoms with E-state index in [9.17, 15) is 8.42 Å². The molecule has 1 saturated carbocycles. The highest BCUT2D eigenvalue weighted by Gasteiger charge is 2.21. The number of halogens is 1. The van der Waals surface area contributed by atoms with Gasteiger partial charge in [-0.05, 0) is 30.5 Å². The van der Waals surface area contributed by atoms with Gasteiger partial charge < -0.3 is 5.32 Å². The Morgan fingerprint density at radius 3 is 2.78 bits per heavy atom. The summed E-state index contributed by atoms with van der Waals surface area (Å²) in [5.74, 6) is 0.115. The molecule has 0 radical (unpaired) electrons. The zero-order valence-corrected chi connectivity index (χ0v) is 11.6. The summed E-state index contributed by atoms with van der Waals surface area (Å²) in [5.41, 5.74) is 0.862. The van der Waals surface area contributed by atoms with Crippen LogP contribution in [0.2, 0.25) is 5.02 Å². The smallest absolute Gasteiger partial charge is 0.213 e. The molecule has 6 heteroatoms. The normalized spacial score (nSPS) is 15.8. The van der Waals surface area contributed by atoms with Gasteiger partial charge in [-0.25, -0.2) is 13.1 Å². The molecular weight excluding hydrogens is 272 g/mol. The highest BCUT2D eigenvalue weighted by Crippen LogP contribution is 2.18. The molecule has 18 heavy (non-hydrogen) atoms. The van der Waals surface area contributed by atoms with Crippen molar-refractivity contribution in [3.05, 3.63) is 34.9 Å². The molecule has 0 atom stereocenters. The summed E-state index contributed by atoms with van der Waals surface area (Å²) >= 11 is 5.83. The predicted octanol–water partition coefficient (Wildman–Crippen LogP) is 1.51. The largest absolute Gasteiger partial charge is 0.313 e. The average Bonchev–Trinajstić information content (AvgIpc) is 3.11. The molecule has 0 spiro atoms. The average molecular weight is 289 g/mol. The van der Waals surface area contributed by atoms with E-state index in [-0.39, 0.29) is 12.3 Å². The van der Waals surface area contributed by atoms with Gasteiger partial charge in [0, 0.05) is 24.2 Å². The summed E-state index contributed by atoms with van der Waals surface area (Å²) in [4.78, 5) is 0. The van der Waals surface area contributed by atoms with Gasteiger partial charge in [0.25, 0.3) is 0 Å². The Labute approximate surface area is 113 Å². The second-order valence-corrected chi connectivity index (χ2v) is 6.86. The zero-order chi connectivity index (χ0) is 13.0. The van der Waals surface area contributed by atoms with Crippen LogP contribution in [0.25, 0.3) is 0 Å². The molecule has 1 aliphatic rings. The second-order valence-electron chi connectivity index (χ2n) is 4.50. The van der Waals surface area contributed by atoms with Gasteiger partial charge in [-0.2, -0.15) is 0 Å². The molecule has 0 unspecified atom stereocenters. The topological polar surface area (TPSA) is 58.2 Å². The highest BCUT2D eigenvalue weighted by molar-refractivity contribution is 7.89. The minimum Gasteiger partial charge on any atom is -0.313 e. The first-order chi connectivity index (χ1) is 8.55. The molecule has 2 rings (SSSR count). The summed E-state index contributed by atoms with van der Waals surface area (Å²) < 4.78 is 26.0. The first kappa shape index (κ1) is 13.8. The highest BCUT2D eigenvalue weighted by atomic mass is 35.5. The lowest BCUT2D eigenvalue weighted by molar-refractivity contribution is 0.576. The van der Waals surface area contributed by atoms with Crippen molar-refractivity contribution >= 4 is 21.6 Å². The summed E-state index contributed by atoms with van der Waals surface area (Å²) in [6.07, 6.45) is 2.33. The van der Waals surface area contributed by atoms with Crippen molar-refractivity contribution in [2.24, 2.45) is 0 Å². The van der Waals surface area contributed by atoms with Gasteiger partial charge in [-0.15, -0.1) is 0 Å². The minimum atomic E-state index is -3.22. The number of sulfonamides is 1. The molecule has 100 valence electrons. The lowest BCUT2D eigenvalue weighted by Gasteiger charge is -2.07. The van der Waals surface area contributed by atoms with Crippen LogP contribution in [0.3, 0.4) is 0 Å².